The molecule has 0 spiro atoms. The van der Waals surface area contributed by atoms with Crippen molar-refractivity contribution in [3.63, 3.8) is 0 Å². The zero-order chi connectivity index (χ0) is 19.6. The van der Waals surface area contributed by atoms with Gasteiger partial charge in [-0.05, 0) is 42.8 Å². The molecule has 0 atom stereocenters. The van der Waals surface area contributed by atoms with Gasteiger partial charge in [0, 0.05) is 24.9 Å². The molecule has 0 heterocycles. The molecular weight excluding hydrogens is 350 g/mol. The van der Waals surface area contributed by atoms with Crippen molar-refractivity contribution < 1.29 is 19.0 Å². The zero-order valence-electron chi connectivity index (χ0n) is 13.9. The molecule has 7 N–H and O–H groups in total. The van der Waals surface area contributed by atoms with Crippen LogP contribution in [0.2, 0.25) is 0 Å². The first-order valence-corrected chi connectivity index (χ1v) is 7.66. The van der Waals surface area contributed by atoms with Crippen molar-refractivity contribution in [2.75, 3.05) is 18.5 Å². The molecule has 2 aromatic rings. The molecule has 9 heteroatoms. The summed E-state index contributed by atoms with van der Waals surface area (Å²) in [6.45, 7) is 0.278. The van der Waals surface area contributed by atoms with E-state index in [2.05, 4.69) is 10.7 Å². The number of hydrazine groups is 1. The van der Waals surface area contributed by atoms with Crippen LogP contribution in [-0.4, -0.2) is 19.1 Å². The van der Waals surface area contributed by atoms with Gasteiger partial charge in [0.15, 0.2) is 0 Å². The normalized spacial score (nSPS) is 10.7. The number of alkyl halides is 4. The highest BCUT2D eigenvalue weighted by molar-refractivity contribution is 6.00. The molecule has 0 radical (unpaired) electrons. The third-order valence-electron chi connectivity index (χ3n) is 3.16. The summed E-state index contributed by atoms with van der Waals surface area (Å²) in [7, 11) is 0. The second kappa shape index (κ2) is 10.4. The Morgan fingerprint density at radius 3 is 2.15 bits per heavy atom. The number of hydrogen-bond donors (Lipinski definition) is 5. The van der Waals surface area contributed by atoms with Gasteiger partial charge < -0.3 is 11.1 Å². The maximum Gasteiger partial charge on any atom is 0.416 e. The minimum Gasteiger partial charge on any atom is -0.384 e. The van der Waals surface area contributed by atoms with E-state index in [4.69, 9.17) is 17.0 Å². The van der Waals surface area contributed by atoms with Crippen molar-refractivity contribution in [3.8, 4) is 0 Å². The number of hydrogen-bond acceptors (Lipinski definition) is 4. The molecule has 0 bridgehead atoms. The summed E-state index contributed by atoms with van der Waals surface area (Å²) in [5.74, 6) is 4.69. The summed E-state index contributed by atoms with van der Waals surface area (Å²) in [4.78, 5) is 0. The van der Waals surface area contributed by atoms with Crippen LogP contribution in [0.5, 0.6) is 0 Å². The molecule has 0 unspecified atom stereocenters. The predicted octanol–water partition coefficient (Wildman–Crippen LogP) is 3.79. The summed E-state index contributed by atoms with van der Waals surface area (Å²) >= 11 is 0. The molecule has 0 saturated carbocycles. The van der Waals surface area contributed by atoms with E-state index in [0.717, 1.165) is 12.1 Å². The predicted molar refractivity (Wildman–Crippen MR) is 97.1 cm³/mol. The fraction of sp³-hybridized carbons (Fsp3) is 0.235. The van der Waals surface area contributed by atoms with Crippen LogP contribution in [0.1, 0.15) is 19.0 Å². The van der Waals surface area contributed by atoms with Gasteiger partial charge >= 0.3 is 6.18 Å². The van der Waals surface area contributed by atoms with Gasteiger partial charge in [0.05, 0.1) is 12.2 Å². The average molecular weight is 373 g/mol. The Morgan fingerprint density at radius 2 is 1.69 bits per heavy atom. The molecule has 0 aliphatic heterocycles. The highest BCUT2D eigenvalue weighted by Crippen LogP contribution is 2.30. The van der Waals surface area contributed by atoms with Gasteiger partial charge in [-0.2, -0.15) is 13.2 Å². The van der Waals surface area contributed by atoms with E-state index < -0.39 is 11.7 Å². The van der Waals surface area contributed by atoms with E-state index in [1.807, 2.05) is 0 Å². The molecule has 0 saturated heterocycles. The quantitative estimate of drug-likeness (QED) is 0.133. The molecule has 0 aliphatic rings. The molecular formula is C17H23F4N5. The smallest absolute Gasteiger partial charge is 0.384 e. The fourth-order valence-corrected chi connectivity index (χ4v) is 1.89. The summed E-state index contributed by atoms with van der Waals surface area (Å²) in [6.07, 6.45) is -3.84. The number of benzene rings is 2. The number of nitrogens with two attached hydrogens (primary N) is 2. The van der Waals surface area contributed by atoms with Crippen LogP contribution in [0.4, 0.5) is 28.9 Å². The van der Waals surface area contributed by atoms with Crippen molar-refractivity contribution in [3.05, 3.63) is 59.7 Å². The number of para-hydroxylation sites is 1. The molecule has 144 valence electrons. The van der Waals surface area contributed by atoms with Crippen LogP contribution >= 0.6 is 0 Å². The Balaban J connectivity index is 0.000000842. The number of halogens is 4. The second-order valence-corrected chi connectivity index (χ2v) is 5.16. The maximum atomic E-state index is 12.5. The van der Waals surface area contributed by atoms with E-state index in [1.165, 1.54) is 12.1 Å². The molecule has 2 aromatic carbocycles. The third kappa shape index (κ3) is 7.08. The van der Waals surface area contributed by atoms with Crippen molar-refractivity contribution in [2.45, 2.75) is 12.6 Å². The van der Waals surface area contributed by atoms with Crippen molar-refractivity contribution in [2.24, 2.45) is 11.6 Å². The van der Waals surface area contributed by atoms with Crippen LogP contribution < -0.4 is 22.3 Å². The number of nitrogen functional groups attached to an aromatic ring is 1. The van der Waals surface area contributed by atoms with Crippen LogP contribution in [0.3, 0.4) is 0 Å². The standard InChI is InChI=1S/C14H12F3N3.C3H9FN2.H2/c15-14(16,17)9-5-7-10(8-6-9)20-12-4-2-1-3-11(12)13(18)19;4-2-1-3-6-5;/h1-8,20H,(H3,18,19);6H,1-3,5H2;1H. The van der Waals surface area contributed by atoms with Crippen molar-refractivity contribution in [1.82, 2.24) is 5.43 Å². The first kappa shape index (κ1) is 21.4. The largest absolute Gasteiger partial charge is 0.416 e. The van der Waals surface area contributed by atoms with E-state index in [9.17, 15) is 17.6 Å². The second-order valence-electron chi connectivity index (χ2n) is 5.16. The summed E-state index contributed by atoms with van der Waals surface area (Å²) in [5.41, 5.74) is 8.62. The Kier molecular flexibility index (Phi) is 8.53. The zero-order valence-corrected chi connectivity index (χ0v) is 13.9. The minimum absolute atomic E-state index is 0. The first-order chi connectivity index (χ1) is 12.3. The molecule has 0 aliphatic carbocycles. The maximum absolute atomic E-state index is 12.5. The van der Waals surface area contributed by atoms with E-state index in [0.29, 0.717) is 29.9 Å². The number of amidine groups is 1. The Labute approximate surface area is 150 Å². The highest BCUT2D eigenvalue weighted by atomic mass is 19.4. The lowest BCUT2D eigenvalue weighted by Crippen LogP contribution is -2.23. The van der Waals surface area contributed by atoms with E-state index >= 15 is 0 Å². The Morgan fingerprint density at radius 1 is 1.08 bits per heavy atom. The number of rotatable bonds is 6. The summed E-state index contributed by atoms with van der Waals surface area (Å²) in [6, 6.07) is 11.5. The van der Waals surface area contributed by atoms with Gasteiger partial charge in [-0.3, -0.25) is 21.1 Å². The Bertz CT molecular complexity index is 688. The van der Waals surface area contributed by atoms with E-state index in [1.54, 1.807) is 24.3 Å². The monoisotopic (exact) mass is 373 g/mol. The molecule has 5 nitrogen and oxygen atoms in total. The number of nitrogens with one attached hydrogen (secondary N) is 3. The van der Waals surface area contributed by atoms with Crippen LogP contribution in [-0.2, 0) is 6.18 Å². The lowest BCUT2D eigenvalue weighted by Gasteiger charge is -2.12. The molecule has 0 fully saturated rings. The SMILES string of the molecule is N=C(N)c1ccccc1Nc1ccc(C(F)(F)F)cc1.NNCCCF.[HH]. The van der Waals surface area contributed by atoms with Gasteiger partial charge in [0.25, 0.3) is 0 Å². The van der Waals surface area contributed by atoms with Crippen LogP contribution in [0.25, 0.3) is 0 Å². The van der Waals surface area contributed by atoms with Crippen LogP contribution in [0, 0.1) is 5.41 Å². The van der Waals surface area contributed by atoms with E-state index in [-0.39, 0.29) is 13.9 Å². The average Bonchev–Trinajstić information content (AvgIpc) is 2.60. The molecule has 0 aromatic heterocycles. The van der Waals surface area contributed by atoms with Crippen molar-refractivity contribution in [1.29, 1.82) is 5.41 Å². The highest BCUT2D eigenvalue weighted by Gasteiger charge is 2.29. The lowest BCUT2D eigenvalue weighted by atomic mass is 10.1. The molecule has 26 heavy (non-hydrogen) atoms. The Hall–Kier alpha value is -2.65. The minimum atomic E-state index is -4.35. The summed E-state index contributed by atoms with van der Waals surface area (Å²) in [5, 5.41) is 10.4. The summed E-state index contributed by atoms with van der Waals surface area (Å²) < 4.78 is 48.4. The fourth-order valence-electron chi connectivity index (χ4n) is 1.89. The third-order valence-corrected chi connectivity index (χ3v) is 3.16. The first-order valence-electron chi connectivity index (χ1n) is 7.66. The topological polar surface area (TPSA) is 100.0 Å². The van der Waals surface area contributed by atoms with Gasteiger partial charge in [0.1, 0.15) is 5.84 Å². The van der Waals surface area contributed by atoms with Crippen molar-refractivity contribution >= 4 is 17.2 Å². The lowest BCUT2D eigenvalue weighted by molar-refractivity contribution is -0.137. The van der Waals surface area contributed by atoms with Crippen LogP contribution in [0.15, 0.2) is 48.5 Å². The van der Waals surface area contributed by atoms with Gasteiger partial charge in [-0.1, -0.05) is 12.1 Å². The molecule has 0 amide bonds. The van der Waals surface area contributed by atoms with Gasteiger partial charge in [0.2, 0.25) is 0 Å². The molecule has 2 rings (SSSR count). The van der Waals surface area contributed by atoms with Gasteiger partial charge in [-0.25, -0.2) is 0 Å². The number of anilines is 2. The van der Waals surface area contributed by atoms with Gasteiger partial charge in [-0.15, -0.1) is 0 Å².